The van der Waals surface area contributed by atoms with Gasteiger partial charge in [0.15, 0.2) is 6.10 Å². The van der Waals surface area contributed by atoms with Gasteiger partial charge in [0.25, 0.3) is 7.82 Å². The first kappa shape index (κ1) is 54.2. The van der Waals surface area contributed by atoms with Gasteiger partial charge >= 0.3 is 5.97 Å². The number of allylic oxidation sites excluding steroid dienone is 3. The van der Waals surface area contributed by atoms with Gasteiger partial charge in [-0.3, -0.25) is 14.2 Å². The Kier molecular flexibility index (Phi) is 31.6. The maximum atomic E-state index is 12.8. The summed E-state index contributed by atoms with van der Waals surface area (Å²) in [6, 6.07) is 0. The van der Waals surface area contributed by atoms with Crippen LogP contribution in [0.2, 0.25) is 0 Å². The Bertz CT molecular complexity index is 1190. The van der Waals surface area contributed by atoms with E-state index < -0.39 is 38.7 Å². The molecule has 1 unspecified atom stereocenters. The number of phosphoric ester groups is 1. The van der Waals surface area contributed by atoms with Crippen LogP contribution in [-0.2, 0) is 32.7 Å². The lowest BCUT2D eigenvalue weighted by atomic mass is 9.88. The Morgan fingerprint density at radius 2 is 1.41 bits per heavy atom. The highest BCUT2D eigenvalue weighted by molar-refractivity contribution is 7.45. The van der Waals surface area contributed by atoms with Crippen LogP contribution in [0.1, 0.15) is 168 Å². The Morgan fingerprint density at radius 1 is 0.828 bits per heavy atom. The summed E-state index contributed by atoms with van der Waals surface area (Å²) in [7, 11) is 1.17. The van der Waals surface area contributed by atoms with E-state index >= 15 is 0 Å². The van der Waals surface area contributed by atoms with Gasteiger partial charge < -0.3 is 38.1 Å². The van der Waals surface area contributed by atoms with E-state index in [2.05, 4.69) is 26.0 Å². The van der Waals surface area contributed by atoms with Crippen molar-refractivity contribution in [3.8, 4) is 0 Å². The first-order chi connectivity index (χ1) is 27.8. The van der Waals surface area contributed by atoms with E-state index in [4.69, 9.17) is 18.5 Å². The molecule has 1 saturated carbocycles. The van der Waals surface area contributed by atoms with E-state index in [0.717, 1.165) is 57.8 Å². The number of carbonyl (C=O) groups is 2. The Hall–Kier alpha value is -1.85. The number of Topliss-reactive ketones (excluding diaryl/α,β-unsaturated/α-hetero) is 1. The number of phosphoric acid groups is 1. The Morgan fingerprint density at radius 3 is 2.07 bits per heavy atom. The van der Waals surface area contributed by atoms with Gasteiger partial charge in [0.05, 0.1) is 46.2 Å². The van der Waals surface area contributed by atoms with Crippen molar-refractivity contribution in [2.24, 2.45) is 11.8 Å². The van der Waals surface area contributed by atoms with Gasteiger partial charge in [-0.2, -0.15) is 0 Å². The Labute approximate surface area is 353 Å². The third-order valence-electron chi connectivity index (χ3n) is 10.6. The first-order valence-corrected chi connectivity index (χ1v) is 24.3. The topological polar surface area (TPSA) is 152 Å². The van der Waals surface area contributed by atoms with Gasteiger partial charge in [0.2, 0.25) is 0 Å². The first-order valence-electron chi connectivity index (χ1n) is 22.9. The average molecular weight is 842 g/mol. The number of hydrogen-bond donors (Lipinski definition) is 2. The molecule has 0 spiro atoms. The molecule has 1 aliphatic carbocycles. The van der Waals surface area contributed by atoms with Crippen LogP contribution in [0.25, 0.3) is 0 Å². The van der Waals surface area contributed by atoms with Crippen molar-refractivity contribution in [3.63, 3.8) is 0 Å². The number of hydrogen-bond acceptors (Lipinski definition) is 10. The number of unbranched alkanes of at least 4 members (excludes halogenated alkanes) is 16. The number of aliphatic hydroxyl groups excluding tert-OH is 2. The van der Waals surface area contributed by atoms with Crippen LogP contribution in [0, 0.1) is 11.8 Å². The number of aliphatic hydroxyl groups is 2. The van der Waals surface area contributed by atoms with Crippen molar-refractivity contribution in [2.45, 2.75) is 186 Å². The van der Waals surface area contributed by atoms with Crippen molar-refractivity contribution < 1.29 is 52.3 Å². The molecule has 0 saturated heterocycles. The second kappa shape index (κ2) is 33.8. The molecule has 0 aromatic rings. The number of ether oxygens (including phenoxy) is 2. The molecule has 2 N–H and O–H groups in total. The molecule has 12 heteroatoms. The highest BCUT2D eigenvalue weighted by Gasteiger charge is 2.39. The zero-order valence-electron chi connectivity index (χ0n) is 37.2. The highest BCUT2D eigenvalue weighted by atomic mass is 31.2. The largest absolute Gasteiger partial charge is 0.756 e. The molecule has 0 aliphatic heterocycles. The fourth-order valence-corrected chi connectivity index (χ4v) is 7.72. The number of nitrogens with zero attached hydrogens (tertiary/aromatic N) is 1. The summed E-state index contributed by atoms with van der Waals surface area (Å²) in [5.74, 6) is -0.956. The molecular weight excluding hydrogens is 757 g/mol. The lowest BCUT2D eigenvalue weighted by molar-refractivity contribution is -0.870. The number of quaternary nitrogens is 1. The monoisotopic (exact) mass is 842 g/mol. The van der Waals surface area contributed by atoms with E-state index in [-0.39, 0.29) is 43.7 Å². The summed E-state index contributed by atoms with van der Waals surface area (Å²) in [5, 5.41) is 20.8. The van der Waals surface area contributed by atoms with E-state index in [9.17, 15) is 29.3 Å². The number of rotatable bonds is 38. The van der Waals surface area contributed by atoms with Gasteiger partial charge in [-0.05, 0) is 63.9 Å². The predicted molar refractivity (Wildman–Crippen MR) is 232 cm³/mol. The Balaban J connectivity index is 2.44. The highest BCUT2D eigenvalue weighted by Crippen LogP contribution is 2.38. The van der Waals surface area contributed by atoms with E-state index in [1.807, 2.05) is 33.3 Å². The van der Waals surface area contributed by atoms with Crippen LogP contribution in [0.3, 0.4) is 0 Å². The normalized spacial score (nSPS) is 19.7. The average Bonchev–Trinajstić information content (AvgIpc) is 3.43. The third-order valence-corrected chi connectivity index (χ3v) is 11.6. The summed E-state index contributed by atoms with van der Waals surface area (Å²) in [4.78, 5) is 37.8. The van der Waals surface area contributed by atoms with Crippen molar-refractivity contribution in [3.05, 3.63) is 36.6 Å². The number of likely N-dealkylation sites (N-methyl/N-ethyl adjacent to an activating group) is 1. The van der Waals surface area contributed by atoms with Crippen LogP contribution in [-0.4, -0.2) is 92.3 Å². The second-order valence-electron chi connectivity index (χ2n) is 17.2. The van der Waals surface area contributed by atoms with Crippen molar-refractivity contribution >= 4 is 19.6 Å². The smallest absolute Gasteiger partial charge is 0.306 e. The predicted octanol–water partition coefficient (Wildman–Crippen LogP) is 9.69. The zero-order valence-corrected chi connectivity index (χ0v) is 38.1. The molecule has 6 atom stereocenters. The molecule has 0 amide bonds. The van der Waals surface area contributed by atoms with Crippen molar-refractivity contribution in [1.82, 2.24) is 0 Å². The molecule has 11 nitrogen and oxygen atoms in total. The molecule has 58 heavy (non-hydrogen) atoms. The molecule has 0 heterocycles. The second-order valence-corrected chi connectivity index (χ2v) is 18.7. The lowest BCUT2D eigenvalue weighted by Crippen LogP contribution is -2.37. The number of carbonyl (C=O) groups excluding carboxylic acids is 2. The summed E-state index contributed by atoms with van der Waals surface area (Å²) < 4.78 is 34.3. The fraction of sp³-hybridized carbons (Fsp3) is 0.826. The van der Waals surface area contributed by atoms with Crippen LogP contribution >= 0.6 is 7.82 Å². The van der Waals surface area contributed by atoms with Crippen molar-refractivity contribution in [1.29, 1.82) is 0 Å². The maximum Gasteiger partial charge on any atom is 0.306 e. The maximum absolute atomic E-state index is 12.8. The van der Waals surface area contributed by atoms with Gasteiger partial charge in [-0.25, -0.2) is 0 Å². The van der Waals surface area contributed by atoms with E-state index in [1.54, 1.807) is 12.3 Å². The summed E-state index contributed by atoms with van der Waals surface area (Å²) >= 11 is 0. The standard InChI is InChI=1S/C46H84NO10P/c1-6-8-10-11-12-13-14-15-16-17-18-19-20-21-24-28-35-54-38-41(39-56-58(52,53)55-36-34-47(3,4)5)57-46(51)31-27-23-22-26-30-42-43(45(50)37-44(42)49)33-32-40(48)29-25-9-7-2/h13-14,28,32-33,35,40-43,45,48,50H,6-12,15-27,29-31,34,36-39H2,1-5H3/b14-13-,33-32+,35-28+/t40-,41+,42+,43+,45+/m0/s1. The summed E-state index contributed by atoms with van der Waals surface area (Å²) in [6.45, 7) is 4.34. The fourth-order valence-electron chi connectivity index (χ4n) is 6.99. The lowest BCUT2D eigenvalue weighted by Gasteiger charge is -2.28. The van der Waals surface area contributed by atoms with E-state index in [1.165, 1.54) is 64.2 Å². The molecule has 0 bridgehead atoms. The molecule has 1 aliphatic rings. The van der Waals surface area contributed by atoms with Crippen LogP contribution in [0.5, 0.6) is 0 Å². The quantitative estimate of drug-likeness (QED) is 0.0154. The summed E-state index contributed by atoms with van der Waals surface area (Å²) in [5.41, 5.74) is 0. The molecule has 338 valence electrons. The van der Waals surface area contributed by atoms with Crippen molar-refractivity contribution in [2.75, 3.05) is 47.5 Å². The molecule has 0 aromatic carbocycles. The molecule has 1 rings (SSSR count). The number of esters is 1. The van der Waals surface area contributed by atoms with Crippen LogP contribution < -0.4 is 4.89 Å². The van der Waals surface area contributed by atoms with Gasteiger partial charge in [-0.15, -0.1) is 0 Å². The van der Waals surface area contributed by atoms with Gasteiger partial charge in [0.1, 0.15) is 25.5 Å². The van der Waals surface area contributed by atoms with E-state index in [0.29, 0.717) is 30.3 Å². The molecule has 1 fully saturated rings. The van der Waals surface area contributed by atoms with Crippen LogP contribution in [0.15, 0.2) is 36.6 Å². The zero-order chi connectivity index (χ0) is 42.9. The molecule has 0 radical (unpaired) electrons. The third kappa shape index (κ3) is 30.2. The van der Waals surface area contributed by atoms with Gasteiger partial charge in [-0.1, -0.05) is 122 Å². The van der Waals surface area contributed by atoms with Crippen LogP contribution in [0.4, 0.5) is 0 Å². The molecule has 0 aromatic heterocycles. The minimum Gasteiger partial charge on any atom is -0.756 e. The number of ketones is 1. The minimum atomic E-state index is -4.61. The SMILES string of the molecule is CCCCCC/C=C\CCCCCCCC/C=C/OC[C@H](COP(=O)([O-])OCC[N+](C)(C)C)OC(=O)CCCCCC[C@H]1C(=O)C[C@@H](O)[C@@H]1/C=C/[C@@H](O)CCCCC. The molecular formula is C46H84NO10P. The minimum absolute atomic E-state index is 0.0281. The van der Waals surface area contributed by atoms with Gasteiger partial charge in [0, 0.05) is 24.7 Å². The summed E-state index contributed by atoms with van der Waals surface area (Å²) in [6.07, 6.45) is 32.9.